The second-order valence-electron chi connectivity index (χ2n) is 6.48. The molecule has 0 aromatic heterocycles. The van der Waals surface area contributed by atoms with Crippen LogP contribution in [-0.4, -0.2) is 28.5 Å². The Bertz CT molecular complexity index is 1130. The number of anilines is 1. The molecule has 0 saturated heterocycles. The highest BCUT2D eigenvalue weighted by Gasteiger charge is 2.22. The summed E-state index contributed by atoms with van der Waals surface area (Å²) in [5.74, 6) is 0.384. The van der Waals surface area contributed by atoms with E-state index in [0.29, 0.717) is 12.2 Å². The summed E-state index contributed by atoms with van der Waals surface area (Å²) in [5, 5.41) is 2.96. The van der Waals surface area contributed by atoms with E-state index in [2.05, 4.69) is 5.32 Å². The molecule has 0 aliphatic carbocycles. The van der Waals surface area contributed by atoms with Crippen molar-refractivity contribution in [3.63, 3.8) is 0 Å². The van der Waals surface area contributed by atoms with Crippen LogP contribution in [0.5, 0.6) is 5.75 Å². The Kier molecular flexibility index (Phi) is 6.64. The van der Waals surface area contributed by atoms with Gasteiger partial charge in [-0.05, 0) is 48.0 Å². The number of hydrogen-bond acceptors (Lipinski definition) is 4. The Morgan fingerprint density at radius 2 is 1.70 bits per heavy atom. The van der Waals surface area contributed by atoms with Gasteiger partial charge in [0.25, 0.3) is 15.9 Å². The molecular weight excluding hydrogens is 424 g/mol. The van der Waals surface area contributed by atoms with Gasteiger partial charge in [-0.1, -0.05) is 41.9 Å². The Morgan fingerprint density at radius 1 is 1.03 bits per heavy atom. The quantitative estimate of drug-likeness (QED) is 0.595. The summed E-state index contributed by atoms with van der Waals surface area (Å²) in [6, 6.07) is 20.0. The lowest BCUT2D eigenvalue weighted by Crippen LogP contribution is -2.27. The number of nitrogens with zero attached hydrogens (tertiary/aromatic N) is 1. The van der Waals surface area contributed by atoms with Crippen LogP contribution in [0.4, 0.5) is 5.69 Å². The maximum atomic E-state index is 12.8. The summed E-state index contributed by atoms with van der Waals surface area (Å²) in [7, 11) is -0.700. The van der Waals surface area contributed by atoms with Crippen LogP contribution in [0.2, 0.25) is 5.02 Å². The number of ether oxygens (including phenoxy) is 1. The van der Waals surface area contributed by atoms with Crippen molar-refractivity contribution in [2.75, 3.05) is 18.5 Å². The summed E-state index contributed by atoms with van der Waals surface area (Å²) >= 11 is 6.29. The Labute approximate surface area is 181 Å². The third kappa shape index (κ3) is 4.75. The van der Waals surface area contributed by atoms with Crippen molar-refractivity contribution in [3.05, 3.63) is 88.9 Å². The number of halogens is 1. The average Bonchev–Trinajstić information content (AvgIpc) is 2.77. The van der Waals surface area contributed by atoms with Gasteiger partial charge in [-0.15, -0.1) is 0 Å². The van der Waals surface area contributed by atoms with Crippen LogP contribution in [0.15, 0.2) is 77.7 Å². The number of sulfonamides is 1. The lowest BCUT2D eigenvalue weighted by molar-refractivity contribution is 0.0951. The first-order chi connectivity index (χ1) is 14.3. The molecule has 156 valence electrons. The number of carbonyl (C=O) groups excluding carboxylic acids is 1. The summed E-state index contributed by atoms with van der Waals surface area (Å²) < 4.78 is 31.8. The maximum absolute atomic E-state index is 12.8. The van der Waals surface area contributed by atoms with Crippen LogP contribution in [0.25, 0.3) is 0 Å². The Balaban J connectivity index is 1.73. The van der Waals surface area contributed by atoms with E-state index in [4.69, 9.17) is 16.3 Å². The van der Waals surface area contributed by atoms with Crippen molar-refractivity contribution in [1.29, 1.82) is 0 Å². The Morgan fingerprint density at radius 3 is 2.30 bits per heavy atom. The zero-order valence-corrected chi connectivity index (χ0v) is 18.1. The molecule has 30 heavy (non-hydrogen) atoms. The molecule has 1 N–H and O–H groups in total. The van der Waals surface area contributed by atoms with Crippen molar-refractivity contribution < 1.29 is 17.9 Å². The molecule has 8 heteroatoms. The van der Waals surface area contributed by atoms with Gasteiger partial charge in [0.1, 0.15) is 5.75 Å². The molecule has 3 aromatic carbocycles. The highest BCUT2D eigenvalue weighted by Crippen LogP contribution is 2.27. The molecule has 0 spiro atoms. The van der Waals surface area contributed by atoms with Crippen molar-refractivity contribution in [2.24, 2.45) is 0 Å². The topological polar surface area (TPSA) is 75.7 Å². The van der Waals surface area contributed by atoms with E-state index in [9.17, 15) is 13.2 Å². The number of carbonyl (C=O) groups is 1. The van der Waals surface area contributed by atoms with Crippen LogP contribution >= 0.6 is 11.6 Å². The molecule has 0 fully saturated rings. The van der Waals surface area contributed by atoms with Crippen LogP contribution in [0, 0.1) is 0 Å². The van der Waals surface area contributed by atoms with Crippen molar-refractivity contribution >= 4 is 33.2 Å². The Hall–Kier alpha value is -3.03. The maximum Gasteiger partial charge on any atom is 0.264 e. The van der Waals surface area contributed by atoms with Gasteiger partial charge in [-0.25, -0.2) is 8.42 Å². The van der Waals surface area contributed by atoms with E-state index >= 15 is 0 Å². The third-order valence-electron chi connectivity index (χ3n) is 4.57. The van der Waals surface area contributed by atoms with Gasteiger partial charge >= 0.3 is 0 Å². The SMILES string of the molecule is COc1ccc(CNC(=O)c2ccc(N(C)S(=O)(=O)c3ccccc3)cc2Cl)cc1. The van der Waals surface area contributed by atoms with Crippen molar-refractivity contribution in [3.8, 4) is 5.75 Å². The third-order valence-corrected chi connectivity index (χ3v) is 6.69. The monoisotopic (exact) mass is 444 g/mol. The number of nitrogens with one attached hydrogen (secondary N) is 1. The zero-order chi connectivity index (χ0) is 21.7. The van der Waals surface area contributed by atoms with Crippen LogP contribution in [0.1, 0.15) is 15.9 Å². The molecular formula is C22H21ClN2O4S. The smallest absolute Gasteiger partial charge is 0.264 e. The molecule has 0 atom stereocenters. The molecule has 6 nitrogen and oxygen atoms in total. The molecule has 0 aliphatic heterocycles. The highest BCUT2D eigenvalue weighted by atomic mass is 35.5. The summed E-state index contributed by atoms with van der Waals surface area (Å²) in [4.78, 5) is 12.7. The fourth-order valence-electron chi connectivity index (χ4n) is 2.79. The number of amides is 1. The first-order valence-corrected chi connectivity index (χ1v) is 10.9. The zero-order valence-electron chi connectivity index (χ0n) is 16.5. The second-order valence-corrected chi connectivity index (χ2v) is 8.86. The van der Waals surface area contributed by atoms with Crippen LogP contribution in [-0.2, 0) is 16.6 Å². The highest BCUT2D eigenvalue weighted by molar-refractivity contribution is 7.92. The van der Waals surface area contributed by atoms with Gasteiger partial charge in [0.05, 0.1) is 28.3 Å². The first kappa shape index (κ1) is 21.7. The van der Waals surface area contributed by atoms with Gasteiger partial charge in [0.15, 0.2) is 0 Å². The molecule has 0 aliphatic rings. The van der Waals surface area contributed by atoms with Gasteiger partial charge < -0.3 is 10.1 Å². The summed E-state index contributed by atoms with van der Waals surface area (Å²) in [6.07, 6.45) is 0. The fraction of sp³-hybridized carbons (Fsp3) is 0.136. The van der Waals surface area contributed by atoms with E-state index in [1.54, 1.807) is 31.4 Å². The van der Waals surface area contributed by atoms with Crippen molar-refractivity contribution in [2.45, 2.75) is 11.4 Å². The number of methoxy groups -OCH3 is 1. The van der Waals surface area contributed by atoms with Gasteiger partial charge in [0, 0.05) is 13.6 Å². The van der Waals surface area contributed by atoms with Crippen LogP contribution in [0.3, 0.4) is 0 Å². The van der Waals surface area contributed by atoms with E-state index in [0.717, 1.165) is 15.6 Å². The predicted octanol–water partition coefficient (Wildman–Crippen LogP) is 4.10. The summed E-state index contributed by atoms with van der Waals surface area (Å²) in [5.41, 5.74) is 1.53. The molecule has 3 rings (SSSR count). The average molecular weight is 445 g/mol. The van der Waals surface area contributed by atoms with Gasteiger partial charge in [-0.3, -0.25) is 9.10 Å². The minimum Gasteiger partial charge on any atom is -0.497 e. The molecule has 0 heterocycles. The molecule has 0 radical (unpaired) electrons. The lowest BCUT2D eigenvalue weighted by atomic mass is 10.1. The second kappa shape index (κ2) is 9.19. The van der Waals surface area contributed by atoms with E-state index in [1.165, 1.54) is 31.3 Å². The molecule has 1 amide bonds. The van der Waals surface area contributed by atoms with E-state index < -0.39 is 10.0 Å². The summed E-state index contributed by atoms with van der Waals surface area (Å²) in [6.45, 7) is 0.323. The number of rotatable bonds is 7. The fourth-order valence-corrected chi connectivity index (χ4v) is 4.26. The van der Waals surface area contributed by atoms with Crippen LogP contribution < -0.4 is 14.4 Å². The number of hydrogen-bond donors (Lipinski definition) is 1. The minimum absolute atomic E-state index is 0.162. The molecule has 0 saturated carbocycles. The molecule has 3 aromatic rings. The largest absolute Gasteiger partial charge is 0.497 e. The van der Waals surface area contributed by atoms with Gasteiger partial charge in [0.2, 0.25) is 0 Å². The van der Waals surface area contributed by atoms with E-state index in [1.807, 2.05) is 24.3 Å². The standard InChI is InChI=1S/C22H21ClN2O4S/c1-25(30(27,28)19-6-4-3-5-7-19)17-10-13-20(21(23)14-17)22(26)24-15-16-8-11-18(29-2)12-9-16/h3-14H,15H2,1-2H3,(H,24,26). The van der Waals surface area contributed by atoms with Crippen molar-refractivity contribution in [1.82, 2.24) is 5.32 Å². The van der Waals surface area contributed by atoms with E-state index in [-0.39, 0.29) is 21.4 Å². The lowest BCUT2D eigenvalue weighted by Gasteiger charge is -2.20. The predicted molar refractivity (Wildman–Crippen MR) is 118 cm³/mol. The molecule has 0 bridgehead atoms. The first-order valence-electron chi connectivity index (χ1n) is 9.07. The minimum atomic E-state index is -3.73. The van der Waals surface area contributed by atoms with Gasteiger partial charge in [-0.2, -0.15) is 0 Å². The molecule has 0 unspecified atom stereocenters. The number of benzene rings is 3. The normalized spacial score (nSPS) is 11.0.